The van der Waals surface area contributed by atoms with E-state index in [1.54, 1.807) is 6.08 Å². The van der Waals surface area contributed by atoms with E-state index in [4.69, 9.17) is 42.6 Å². The molecule has 16 heteroatoms. The second kappa shape index (κ2) is 15.5. The quantitative estimate of drug-likeness (QED) is 0.124. The Kier molecular flexibility index (Phi) is 11.2. The van der Waals surface area contributed by atoms with Crippen LogP contribution in [-0.4, -0.2) is 137 Å². The van der Waals surface area contributed by atoms with E-state index in [0.717, 1.165) is 12.5 Å². The van der Waals surface area contributed by atoms with Crippen molar-refractivity contribution in [1.29, 1.82) is 0 Å². The van der Waals surface area contributed by atoms with E-state index in [-0.39, 0.29) is 31.3 Å². The average molecular weight is 763 g/mol. The van der Waals surface area contributed by atoms with Gasteiger partial charge in [-0.1, -0.05) is 37.3 Å². The lowest BCUT2D eigenvalue weighted by atomic mass is 9.72. The number of carbonyl (C=O) groups is 3. The van der Waals surface area contributed by atoms with Gasteiger partial charge < -0.3 is 63.1 Å². The van der Waals surface area contributed by atoms with Crippen LogP contribution in [0.4, 0.5) is 0 Å². The molecule has 6 aliphatic rings. The van der Waals surface area contributed by atoms with Gasteiger partial charge in [0.25, 0.3) is 0 Å². The van der Waals surface area contributed by atoms with Gasteiger partial charge in [-0.2, -0.15) is 0 Å². The third kappa shape index (κ3) is 7.45. The molecule has 298 valence electrons. The topological polar surface area (TPSA) is 218 Å². The second-order valence-electron chi connectivity index (χ2n) is 15.4. The van der Waals surface area contributed by atoms with Crippen LogP contribution in [0.2, 0.25) is 0 Å². The molecule has 0 aromatic heterocycles. The van der Waals surface area contributed by atoms with Crippen molar-refractivity contribution in [3.63, 3.8) is 0 Å². The van der Waals surface area contributed by atoms with Crippen LogP contribution in [0.1, 0.15) is 58.9 Å². The third-order valence-electron chi connectivity index (χ3n) is 11.7. The Labute approximate surface area is 312 Å². The fourth-order valence-electron chi connectivity index (χ4n) is 8.54. The number of hydrogen-bond donors (Lipinski definition) is 4. The summed E-state index contributed by atoms with van der Waals surface area (Å²) in [5.74, 6) is -3.93. The summed E-state index contributed by atoms with van der Waals surface area (Å²) in [6.45, 7) is 6.73. The number of ether oxygens (including phenoxy) is 9. The Bertz CT molecular complexity index is 1550. The lowest BCUT2D eigenvalue weighted by molar-refractivity contribution is -0.357. The molecule has 17 unspecified atom stereocenters. The molecule has 5 saturated heterocycles. The number of benzene rings is 1. The Morgan fingerprint density at radius 1 is 0.833 bits per heavy atom. The number of aliphatic hydroxyl groups is 4. The second-order valence-corrected chi connectivity index (χ2v) is 15.4. The van der Waals surface area contributed by atoms with Gasteiger partial charge in [-0.25, -0.2) is 4.79 Å². The summed E-state index contributed by atoms with van der Waals surface area (Å²) in [7, 11) is 0. The molecule has 1 aliphatic carbocycles. The van der Waals surface area contributed by atoms with Gasteiger partial charge in [0.05, 0.1) is 37.4 Å². The van der Waals surface area contributed by atoms with Crippen LogP contribution in [-0.2, 0) is 57.0 Å². The predicted molar refractivity (Wildman–Crippen MR) is 181 cm³/mol. The van der Waals surface area contributed by atoms with Crippen molar-refractivity contribution in [3.8, 4) is 0 Å². The fourth-order valence-corrected chi connectivity index (χ4v) is 8.54. The van der Waals surface area contributed by atoms with Gasteiger partial charge >= 0.3 is 17.9 Å². The first-order chi connectivity index (χ1) is 25.7. The first kappa shape index (κ1) is 39.2. The van der Waals surface area contributed by atoms with Crippen LogP contribution in [0.5, 0.6) is 0 Å². The van der Waals surface area contributed by atoms with Crippen LogP contribution < -0.4 is 0 Å². The van der Waals surface area contributed by atoms with Gasteiger partial charge in [0.2, 0.25) is 12.1 Å². The Balaban J connectivity index is 1.03. The standard InChI is InChI=1S/C38H50O16/c1-18-16-46-38(15-26(18)51-27(40)13-10-22-8-6-5-7-9-22)37(17-47-37)24-12-11-23(14-25(24)54-38)34(45)53-36-33(32(50-21(4)39)29(42)20(3)49-36)52-35-31(44)30(43)28(41)19(2)48-35/h5-10,13,18-20,23-26,28-33,35-36,41-44H,11-12,14-17H2,1-4H3/b13-10+. The van der Waals surface area contributed by atoms with E-state index in [2.05, 4.69) is 0 Å². The molecule has 1 saturated carbocycles. The monoisotopic (exact) mass is 762 g/mol. The van der Waals surface area contributed by atoms with Gasteiger partial charge in [-0.3, -0.25) is 9.59 Å². The predicted octanol–water partition coefficient (Wildman–Crippen LogP) is 0.742. The molecule has 5 heterocycles. The zero-order valence-corrected chi connectivity index (χ0v) is 30.6. The average Bonchev–Trinajstić information content (AvgIpc) is 3.92. The summed E-state index contributed by atoms with van der Waals surface area (Å²) in [6, 6.07) is 9.43. The summed E-state index contributed by atoms with van der Waals surface area (Å²) in [5, 5.41) is 42.1. The molecule has 6 fully saturated rings. The molecule has 1 aromatic rings. The van der Waals surface area contributed by atoms with E-state index in [9.17, 15) is 34.8 Å². The lowest BCUT2D eigenvalue weighted by Crippen LogP contribution is -2.64. The minimum absolute atomic E-state index is 0.0940. The molecular weight excluding hydrogens is 712 g/mol. The van der Waals surface area contributed by atoms with Gasteiger partial charge in [0.1, 0.15) is 30.5 Å². The summed E-state index contributed by atoms with van der Waals surface area (Å²) in [5.41, 5.74) is 0.121. The maximum absolute atomic E-state index is 13.9. The summed E-state index contributed by atoms with van der Waals surface area (Å²) < 4.78 is 53.9. The normalized spacial score (nSPS) is 45.9. The summed E-state index contributed by atoms with van der Waals surface area (Å²) in [6.07, 6.45) is -10.5. The Morgan fingerprint density at radius 3 is 2.24 bits per heavy atom. The maximum atomic E-state index is 13.9. The van der Waals surface area contributed by atoms with Gasteiger partial charge in [0.15, 0.2) is 24.1 Å². The van der Waals surface area contributed by atoms with Crippen molar-refractivity contribution >= 4 is 24.0 Å². The first-order valence-corrected chi connectivity index (χ1v) is 18.7. The van der Waals surface area contributed by atoms with Gasteiger partial charge in [-0.15, -0.1) is 0 Å². The van der Waals surface area contributed by atoms with Crippen LogP contribution in [0.25, 0.3) is 6.08 Å². The van der Waals surface area contributed by atoms with Crippen LogP contribution in [0, 0.1) is 17.8 Å². The SMILES string of the molecule is CC(=O)OC1C(O)C(C)OC(OC(=O)C2CCC3C(C2)OC2(CC(OC(=O)/C=C/c4ccccc4)C(C)CO2)C32CO2)C1OC1OC(C)C(O)C(O)C1O. The molecule has 17 atom stereocenters. The highest BCUT2D eigenvalue weighted by Crippen LogP contribution is 2.62. The first-order valence-electron chi connectivity index (χ1n) is 18.7. The molecule has 0 radical (unpaired) electrons. The number of aliphatic hydroxyl groups excluding tert-OH is 4. The molecule has 5 aliphatic heterocycles. The summed E-state index contributed by atoms with van der Waals surface area (Å²) in [4.78, 5) is 38.9. The van der Waals surface area contributed by atoms with Crippen LogP contribution >= 0.6 is 0 Å². The minimum Gasteiger partial charge on any atom is -0.459 e. The van der Waals surface area contributed by atoms with E-state index in [0.29, 0.717) is 19.4 Å². The molecule has 7 rings (SSSR count). The van der Waals surface area contributed by atoms with Crippen LogP contribution in [0.15, 0.2) is 36.4 Å². The molecule has 54 heavy (non-hydrogen) atoms. The molecular formula is C38H50O16. The fraction of sp³-hybridized carbons (Fsp3) is 0.711. The number of esters is 3. The van der Waals surface area contributed by atoms with Crippen molar-refractivity contribution in [2.24, 2.45) is 17.8 Å². The van der Waals surface area contributed by atoms with Crippen molar-refractivity contribution in [1.82, 2.24) is 0 Å². The minimum atomic E-state index is -1.74. The van der Waals surface area contributed by atoms with E-state index in [1.807, 2.05) is 37.3 Å². The number of hydrogen-bond acceptors (Lipinski definition) is 16. The zero-order chi connectivity index (χ0) is 38.5. The van der Waals surface area contributed by atoms with E-state index >= 15 is 0 Å². The van der Waals surface area contributed by atoms with Gasteiger partial charge in [-0.05, 0) is 44.7 Å². The molecule has 0 bridgehead atoms. The van der Waals surface area contributed by atoms with E-state index in [1.165, 1.54) is 19.9 Å². The number of epoxide rings is 1. The van der Waals surface area contributed by atoms with Crippen molar-refractivity contribution in [2.75, 3.05) is 13.2 Å². The maximum Gasteiger partial charge on any atom is 0.331 e. The molecule has 16 nitrogen and oxygen atoms in total. The zero-order valence-electron chi connectivity index (χ0n) is 30.6. The highest BCUT2D eigenvalue weighted by molar-refractivity contribution is 5.87. The van der Waals surface area contributed by atoms with E-state index < -0.39 is 109 Å². The highest BCUT2D eigenvalue weighted by atomic mass is 16.8. The molecule has 1 aromatic carbocycles. The number of fused-ring (bicyclic) bond motifs is 3. The number of rotatable bonds is 8. The molecule has 0 amide bonds. The third-order valence-corrected chi connectivity index (χ3v) is 11.7. The summed E-state index contributed by atoms with van der Waals surface area (Å²) >= 11 is 0. The Morgan fingerprint density at radius 2 is 1.54 bits per heavy atom. The molecule has 4 N–H and O–H groups in total. The lowest BCUT2D eigenvalue weighted by Gasteiger charge is -2.46. The largest absolute Gasteiger partial charge is 0.459 e. The van der Waals surface area contributed by atoms with Crippen molar-refractivity contribution < 1.29 is 77.4 Å². The molecule has 2 spiro atoms. The smallest absolute Gasteiger partial charge is 0.331 e. The highest BCUT2D eigenvalue weighted by Gasteiger charge is 2.76. The van der Waals surface area contributed by atoms with Crippen molar-refractivity contribution in [2.45, 2.75) is 138 Å². The van der Waals surface area contributed by atoms with Crippen LogP contribution in [0.3, 0.4) is 0 Å². The van der Waals surface area contributed by atoms with Gasteiger partial charge in [0, 0.05) is 31.3 Å². The van der Waals surface area contributed by atoms with Crippen molar-refractivity contribution in [3.05, 3.63) is 42.0 Å². The Hall–Kier alpha value is -3.03. The number of carbonyl (C=O) groups excluding carboxylic acids is 3.